The number of hydrogen-bond acceptors (Lipinski definition) is 4. The molecule has 26 heavy (non-hydrogen) atoms. The highest BCUT2D eigenvalue weighted by Gasteiger charge is 2.24. The number of amides is 1. The molecule has 0 radical (unpaired) electrons. The normalized spacial score (nSPS) is 16.4. The molecular formula is C20H26FN3OS. The van der Waals surface area contributed by atoms with Crippen LogP contribution in [-0.2, 0) is 17.6 Å². The van der Waals surface area contributed by atoms with Gasteiger partial charge in [-0.2, -0.15) is 0 Å². The summed E-state index contributed by atoms with van der Waals surface area (Å²) < 4.78 is 13.0. The van der Waals surface area contributed by atoms with Crippen molar-refractivity contribution in [3.05, 3.63) is 51.7 Å². The van der Waals surface area contributed by atoms with Crippen LogP contribution in [0.4, 0.5) is 4.39 Å². The molecule has 3 rings (SSSR count). The van der Waals surface area contributed by atoms with Crippen LogP contribution in [0.25, 0.3) is 0 Å². The van der Waals surface area contributed by atoms with E-state index in [0.29, 0.717) is 18.9 Å². The van der Waals surface area contributed by atoms with E-state index < -0.39 is 0 Å². The number of carbonyl (C=O) groups excluding carboxylic acids is 1. The average Bonchev–Trinajstić information content (AvgIpc) is 3.09. The minimum atomic E-state index is -0.238. The number of halogens is 1. The summed E-state index contributed by atoms with van der Waals surface area (Å²) in [6.07, 6.45) is 6.99. The molecule has 6 heteroatoms. The molecule has 1 aliphatic rings. The molecule has 1 heterocycles. The molecule has 3 N–H and O–H groups in total. The van der Waals surface area contributed by atoms with Crippen molar-refractivity contribution in [2.45, 2.75) is 51.0 Å². The number of nitrogens with one attached hydrogen (secondary N) is 1. The number of hydrogen-bond donors (Lipinski definition) is 2. The minimum absolute atomic E-state index is 0.00958. The number of thiazole rings is 1. The molecule has 1 amide bonds. The zero-order valence-corrected chi connectivity index (χ0v) is 15.7. The highest BCUT2D eigenvalue weighted by atomic mass is 32.1. The summed E-state index contributed by atoms with van der Waals surface area (Å²) in [5.41, 5.74) is 7.68. The molecule has 0 bridgehead atoms. The van der Waals surface area contributed by atoms with Gasteiger partial charge in [-0.15, -0.1) is 11.3 Å². The first-order valence-corrected chi connectivity index (χ1v) is 10.2. The Balaban J connectivity index is 1.52. The van der Waals surface area contributed by atoms with Crippen LogP contribution in [0.1, 0.15) is 48.4 Å². The van der Waals surface area contributed by atoms with Gasteiger partial charge in [0, 0.05) is 24.4 Å². The second-order valence-electron chi connectivity index (χ2n) is 7.02. The highest BCUT2D eigenvalue weighted by Crippen LogP contribution is 2.26. The van der Waals surface area contributed by atoms with Crippen molar-refractivity contribution >= 4 is 17.2 Å². The second kappa shape index (κ2) is 9.24. The van der Waals surface area contributed by atoms with Gasteiger partial charge in [-0.05, 0) is 36.5 Å². The molecule has 2 aromatic rings. The average molecular weight is 376 g/mol. The molecule has 1 unspecified atom stereocenters. The molecule has 0 saturated heterocycles. The quantitative estimate of drug-likeness (QED) is 0.779. The van der Waals surface area contributed by atoms with Gasteiger partial charge in [0.1, 0.15) is 5.82 Å². The molecule has 1 aromatic heterocycles. The summed E-state index contributed by atoms with van der Waals surface area (Å²) in [6, 6.07) is 6.50. The van der Waals surface area contributed by atoms with Crippen molar-refractivity contribution < 1.29 is 9.18 Å². The molecular weight excluding hydrogens is 349 g/mol. The predicted molar refractivity (Wildman–Crippen MR) is 103 cm³/mol. The first-order valence-electron chi connectivity index (χ1n) is 9.31. The van der Waals surface area contributed by atoms with Crippen LogP contribution in [0.15, 0.2) is 29.6 Å². The topological polar surface area (TPSA) is 68.0 Å². The van der Waals surface area contributed by atoms with Gasteiger partial charge in [0.25, 0.3) is 0 Å². The van der Waals surface area contributed by atoms with E-state index >= 15 is 0 Å². The van der Waals surface area contributed by atoms with E-state index in [1.807, 2.05) is 5.38 Å². The third-order valence-corrected chi connectivity index (χ3v) is 5.93. The Morgan fingerprint density at radius 2 is 2.00 bits per heavy atom. The van der Waals surface area contributed by atoms with Crippen molar-refractivity contribution in [1.29, 1.82) is 0 Å². The van der Waals surface area contributed by atoms with E-state index in [-0.39, 0.29) is 24.2 Å². The Morgan fingerprint density at radius 1 is 1.27 bits per heavy atom. The van der Waals surface area contributed by atoms with Crippen LogP contribution in [0, 0.1) is 11.7 Å². The zero-order chi connectivity index (χ0) is 18.4. The Bertz CT molecular complexity index is 710. The van der Waals surface area contributed by atoms with Gasteiger partial charge in [0.15, 0.2) is 0 Å². The maximum Gasteiger partial charge on any atom is 0.226 e. The van der Waals surface area contributed by atoms with E-state index in [1.165, 1.54) is 42.7 Å². The predicted octanol–water partition coefficient (Wildman–Crippen LogP) is 3.44. The van der Waals surface area contributed by atoms with E-state index in [0.717, 1.165) is 29.1 Å². The standard InChI is InChI=1S/C20H26FN3OS/c21-16-8-6-14(7-9-16)10-20-23-17(13-26-20)11-19(25)24-18(12-22)15-4-2-1-3-5-15/h6-9,13,15,18H,1-5,10-12,22H2,(H,24,25). The largest absolute Gasteiger partial charge is 0.351 e. The smallest absolute Gasteiger partial charge is 0.226 e. The van der Waals surface area contributed by atoms with E-state index in [9.17, 15) is 9.18 Å². The Morgan fingerprint density at radius 3 is 2.69 bits per heavy atom. The van der Waals surface area contributed by atoms with Gasteiger partial charge in [-0.1, -0.05) is 31.4 Å². The SMILES string of the molecule is NCC(NC(=O)Cc1csc(Cc2ccc(F)cc2)n1)C1CCCCC1. The fraction of sp³-hybridized carbons (Fsp3) is 0.500. The van der Waals surface area contributed by atoms with Crippen LogP contribution in [0.3, 0.4) is 0 Å². The number of benzene rings is 1. The van der Waals surface area contributed by atoms with Gasteiger partial charge in [-0.3, -0.25) is 4.79 Å². The molecule has 140 valence electrons. The van der Waals surface area contributed by atoms with E-state index in [2.05, 4.69) is 10.3 Å². The van der Waals surface area contributed by atoms with Gasteiger partial charge < -0.3 is 11.1 Å². The molecule has 1 aromatic carbocycles. The number of rotatable bonds is 7. The van der Waals surface area contributed by atoms with Gasteiger partial charge in [-0.25, -0.2) is 9.37 Å². The number of carbonyl (C=O) groups is 1. The fourth-order valence-corrected chi connectivity index (χ4v) is 4.44. The third-order valence-electron chi connectivity index (χ3n) is 5.03. The van der Waals surface area contributed by atoms with Crippen molar-refractivity contribution in [1.82, 2.24) is 10.3 Å². The Labute approximate surface area is 158 Å². The maximum atomic E-state index is 13.0. The number of nitrogens with zero attached hydrogens (tertiary/aromatic N) is 1. The molecule has 1 saturated carbocycles. The molecule has 1 atom stereocenters. The maximum absolute atomic E-state index is 13.0. The number of aromatic nitrogens is 1. The Hall–Kier alpha value is -1.79. The minimum Gasteiger partial charge on any atom is -0.351 e. The summed E-state index contributed by atoms with van der Waals surface area (Å²) in [7, 11) is 0. The van der Waals surface area contributed by atoms with Crippen molar-refractivity contribution in [2.75, 3.05) is 6.54 Å². The van der Waals surface area contributed by atoms with Gasteiger partial charge in [0.05, 0.1) is 17.1 Å². The fourth-order valence-electron chi connectivity index (χ4n) is 3.62. The summed E-state index contributed by atoms with van der Waals surface area (Å²) >= 11 is 1.53. The number of nitrogens with two attached hydrogens (primary N) is 1. The lowest BCUT2D eigenvalue weighted by molar-refractivity contribution is -0.121. The lowest BCUT2D eigenvalue weighted by Crippen LogP contribution is -2.46. The van der Waals surface area contributed by atoms with Crippen LogP contribution in [0.5, 0.6) is 0 Å². The van der Waals surface area contributed by atoms with Crippen LogP contribution >= 0.6 is 11.3 Å². The van der Waals surface area contributed by atoms with Crippen molar-refractivity contribution in [3.8, 4) is 0 Å². The summed E-state index contributed by atoms with van der Waals surface area (Å²) in [4.78, 5) is 16.9. The molecule has 0 spiro atoms. The van der Waals surface area contributed by atoms with Crippen LogP contribution in [0.2, 0.25) is 0 Å². The summed E-state index contributed by atoms with van der Waals surface area (Å²) in [6.45, 7) is 0.489. The molecule has 1 fully saturated rings. The van der Waals surface area contributed by atoms with Gasteiger partial charge in [0.2, 0.25) is 5.91 Å². The van der Waals surface area contributed by atoms with Gasteiger partial charge >= 0.3 is 0 Å². The molecule has 4 nitrogen and oxygen atoms in total. The van der Waals surface area contributed by atoms with Crippen LogP contribution in [-0.4, -0.2) is 23.5 Å². The lowest BCUT2D eigenvalue weighted by Gasteiger charge is -2.30. The van der Waals surface area contributed by atoms with Crippen molar-refractivity contribution in [2.24, 2.45) is 11.7 Å². The highest BCUT2D eigenvalue weighted by molar-refractivity contribution is 7.09. The zero-order valence-electron chi connectivity index (χ0n) is 14.9. The second-order valence-corrected chi connectivity index (χ2v) is 7.96. The molecule has 1 aliphatic carbocycles. The lowest BCUT2D eigenvalue weighted by atomic mass is 9.84. The first-order chi connectivity index (χ1) is 12.6. The van der Waals surface area contributed by atoms with E-state index in [4.69, 9.17) is 5.73 Å². The summed E-state index contributed by atoms with van der Waals surface area (Å²) in [5.74, 6) is 0.254. The monoisotopic (exact) mass is 375 g/mol. The molecule has 0 aliphatic heterocycles. The van der Waals surface area contributed by atoms with Crippen LogP contribution < -0.4 is 11.1 Å². The van der Waals surface area contributed by atoms with Crippen molar-refractivity contribution in [3.63, 3.8) is 0 Å². The van der Waals surface area contributed by atoms with E-state index in [1.54, 1.807) is 12.1 Å². The first kappa shape index (κ1) is 19.0. The summed E-state index contributed by atoms with van der Waals surface area (Å²) in [5, 5.41) is 5.97. The Kier molecular flexibility index (Phi) is 6.74. The third kappa shape index (κ3) is 5.35.